The second-order valence-electron chi connectivity index (χ2n) is 29.3. The zero-order chi connectivity index (χ0) is 67.0. The summed E-state index contributed by atoms with van der Waals surface area (Å²) in [7, 11) is 0. The van der Waals surface area contributed by atoms with Gasteiger partial charge in [0.15, 0.2) is 0 Å². The number of rotatable bonds is 9. The van der Waals surface area contributed by atoms with Crippen LogP contribution in [0, 0.1) is 0 Å². The average Bonchev–Trinajstić information content (AvgIpc) is 1.57. The molecule has 20 aromatic rings. The Morgan fingerprint density at radius 1 is 0.200 bits per heavy atom. The first-order valence-corrected chi connectivity index (χ1v) is 35.4. The van der Waals surface area contributed by atoms with Crippen molar-refractivity contribution in [3.8, 4) is 45.3 Å². The molecule has 6 nitrogen and oxygen atoms in total. The van der Waals surface area contributed by atoms with Gasteiger partial charge in [0.2, 0.25) is 0 Å². The number of benzene rings is 14. The van der Waals surface area contributed by atoms with E-state index in [1.54, 1.807) is 0 Å². The second kappa shape index (κ2) is 21.7. The molecule has 0 saturated heterocycles. The van der Waals surface area contributed by atoms with E-state index in [0.29, 0.717) is 11.8 Å². The van der Waals surface area contributed by atoms with E-state index in [1.165, 1.54) is 164 Å². The van der Waals surface area contributed by atoms with Crippen LogP contribution in [0.25, 0.3) is 176 Å². The Balaban J connectivity index is 0.735. The van der Waals surface area contributed by atoms with Gasteiger partial charge in [-0.1, -0.05) is 188 Å². The first-order chi connectivity index (χ1) is 48.9. The van der Waals surface area contributed by atoms with Gasteiger partial charge in [0, 0.05) is 98.8 Å². The first-order valence-electron chi connectivity index (χ1n) is 35.4. The maximum atomic E-state index is 2.52. The molecule has 0 atom stereocenters. The molecule has 0 N–H and O–H groups in total. The van der Waals surface area contributed by atoms with Crippen LogP contribution in [0.3, 0.4) is 0 Å². The van der Waals surface area contributed by atoms with Gasteiger partial charge in [-0.15, -0.1) is 0 Å². The molecule has 0 aliphatic heterocycles. The summed E-state index contributed by atoms with van der Waals surface area (Å²) in [5.41, 5.74) is 27.5. The maximum absolute atomic E-state index is 2.52. The average molecular weight is 1290 g/mol. The van der Waals surface area contributed by atoms with E-state index in [-0.39, 0.29) is 5.41 Å². The molecule has 0 spiro atoms. The Morgan fingerprint density at radius 2 is 0.430 bits per heavy atom. The van der Waals surface area contributed by atoms with Gasteiger partial charge in [-0.05, 0) is 203 Å². The quantitative estimate of drug-likeness (QED) is 0.138. The standard InChI is InChI=1S/C94H72N6/c1-57(2)61-48-62(58(3)4)50-69(49-61)100-92-46-40-66(97-84-28-16-10-22-72(84)73-23-11-17-29-85(73)97)54-80(92)81-56-68(41-47-93(81)100)99-87-31-19-13-25-75(87)77-52-60(33-43-89(77)99)59-32-42-88-76(51-59)74-24-12-18-30-86(74)98(88)67-39-45-91-79(55-67)78-53-65(96-82-26-14-8-20-70(82)71-21-9-15-27-83(71)96)38-44-90(78)95(91)64-36-34-63(35-37-64)94(5,6)7/h8-58H,1-7H3. The predicted molar refractivity (Wildman–Crippen MR) is 425 cm³/mol. The third kappa shape index (κ3) is 8.62. The fraction of sp³-hybridized carbons (Fsp3) is 0.106. The van der Waals surface area contributed by atoms with Crippen LogP contribution in [0.5, 0.6) is 0 Å². The summed E-state index contributed by atoms with van der Waals surface area (Å²) in [5, 5.41) is 14.7. The summed E-state index contributed by atoms with van der Waals surface area (Å²) in [6, 6.07) is 112. The number of fused-ring (bicyclic) bond motifs is 18. The molecular weight excluding hydrogens is 1210 g/mol. The topological polar surface area (TPSA) is 29.6 Å². The predicted octanol–water partition coefficient (Wildman–Crippen LogP) is 25.5. The van der Waals surface area contributed by atoms with E-state index in [0.717, 1.165) is 28.4 Å². The van der Waals surface area contributed by atoms with Crippen LogP contribution in [0.1, 0.15) is 77.0 Å². The fourth-order valence-electron chi connectivity index (χ4n) is 16.9. The largest absolute Gasteiger partial charge is 0.309 e. The molecule has 0 aliphatic carbocycles. The lowest BCUT2D eigenvalue weighted by Gasteiger charge is -2.19. The number of hydrogen-bond acceptors (Lipinski definition) is 0. The van der Waals surface area contributed by atoms with Crippen molar-refractivity contribution in [3.63, 3.8) is 0 Å². The van der Waals surface area contributed by atoms with Gasteiger partial charge in [0.1, 0.15) is 0 Å². The molecule has 100 heavy (non-hydrogen) atoms. The Bertz CT molecular complexity index is 6680. The molecule has 0 fully saturated rings. The monoisotopic (exact) mass is 1280 g/mol. The minimum absolute atomic E-state index is 0.0386. The van der Waals surface area contributed by atoms with Crippen molar-refractivity contribution in [1.82, 2.24) is 27.4 Å². The van der Waals surface area contributed by atoms with E-state index in [9.17, 15) is 0 Å². The summed E-state index contributed by atoms with van der Waals surface area (Å²) in [6.45, 7) is 16.1. The van der Waals surface area contributed by atoms with Crippen LogP contribution >= 0.6 is 0 Å². The van der Waals surface area contributed by atoms with Crippen LogP contribution in [-0.4, -0.2) is 27.4 Å². The molecule has 0 amide bonds. The summed E-state index contributed by atoms with van der Waals surface area (Å²) >= 11 is 0. The van der Waals surface area contributed by atoms with Gasteiger partial charge in [-0.3, -0.25) is 0 Å². The fourth-order valence-corrected chi connectivity index (χ4v) is 16.9. The summed E-state index contributed by atoms with van der Waals surface area (Å²) in [6.07, 6.45) is 0. The van der Waals surface area contributed by atoms with Crippen molar-refractivity contribution >= 4 is 131 Å². The minimum Gasteiger partial charge on any atom is -0.309 e. The Hall–Kier alpha value is -12.1. The molecule has 0 saturated carbocycles. The van der Waals surface area contributed by atoms with Gasteiger partial charge >= 0.3 is 0 Å². The highest BCUT2D eigenvalue weighted by Gasteiger charge is 2.24. The second-order valence-corrected chi connectivity index (χ2v) is 29.3. The molecule has 0 bridgehead atoms. The van der Waals surface area contributed by atoms with Crippen LogP contribution in [0.2, 0.25) is 0 Å². The van der Waals surface area contributed by atoms with E-state index in [4.69, 9.17) is 0 Å². The van der Waals surface area contributed by atoms with Gasteiger partial charge in [-0.25, -0.2) is 0 Å². The van der Waals surface area contributed by atoms with E-state index in [1.807, 2.05) is 0 Å². The van der Waals surface area contributed by atoms with Crippen molar-refractivity contribution in [3.05, 3.63) is 314 Å². The lowest BCUT2D eigenvalue weighted by atomic mass is 9.87. The highest BCUT2D eigenvalue weighted by Crippen LogP contribution is 2.45. The number of hydrogen-bond donors (Lipinski definition) is 0. The van der Waals surface area contributed by atoms with Crippen LogP contribution < -0.4 is 0 Å². The highest BCUT2D eigenvalue weighted by atomic mass is 15.0. The molecule has 20 rings (SSSR count). The first kappa shape index (κ1) is 58.1. The minimum atomic E-state index is 0.0386. The smallest absolute Gasteiger partial charge is 0.0542 e. The molecular formula is C94H72N6. The lowest BCUT2D eigenvalue weighted by molar-refractivity contribution is 0.590. The van der Waals surface area contributed by atoms with Crippen molar-refractivity contribution in [2.45, 2.75) is 65.7 Å². The zero-order valence-corrected chi connectivity index (χ0v) is 57.1. The third-order valence-corrected chi connectivity index (χ3v) is 21.9. The highest BCUT2D eigenvalue weighted by molar-refractivity contribution is 6.17. The van der Waals surface area contributed by atoms with Crippen LogP contribution in [0.15, 0.2) is 297 Å². The normalized spacial score (nSPS) is 12.5. The number of para-hydroxylation sites is 6. The molecule has 478 valence electrons. The molecule has 0 aliphatic rings. The van der Waals surface area contributed by atoms with Gasteiger partial charge < -0.3 is 27.4 Å². The molecule has 14 aromatic carbocycles. The number of aromatic nitrogens is 6. The van der Waals surface area contributed by atoms with Gasteiger partial charge in [-0.2, -0.15) is 0 Å². The third-order valence-electron chi connectivity index (χ3n) is 21.9. The van der Waals surface area contributed by atoms with Crippen molar-refractivity contribution < 1.29 is 0 Å². The zero-order valence-electron chi connectivity index (χ0n) is 57.1. The van der Waals surface area contributed by atoms with Crippen molar-refractivity contribution in [2.24, 2.45) is 0 Å². The Labute approximate surface area is 579 Å². The van der Waals surface area contributed by atoms with Crippen LogP contribution in [-0.2, 0) is 5.41 Å². The van der Waals surface area contributed by atoms with E-state index in [2.05, 4.69) is 373 Å². The molecule has 6 heterocycles. The molecule has 0 radical (unpaired) electrons. The molecule has 6 aromatic heterocycles. The lowest BCUT2D eigenvalue weighted by Crippen LogP contribution is -2.10. The van der Waals surface area contributed by atoms with E-state index < -0.39 is 0 Å². The number of nitrogens with zero attached hydrogens (tertiary/aromatic N) is 6. The molecule has 6 heteroatoms. The SMILES string of the molecule is CC(C)c1cc(C(C)C)cc(-n2c3ccc(-n4c5ccccc5c5ccccc54)cc3c3cc(-n4c5ccccc5c5cc(-c6ccc7c(c6)c6ccccc6n7-c6ccc7c(c6)c6cc(-n8c9ccccc9c9ccccc98)ccc6n7-c6ccc(C(C)(C)C)cc6)ccc54)ccc32)c1. The Kier molecular flexibility index (Phi) is 12.6. The maximum Gasteiger partial charge on any atom is 0.0542 e. The van der Waals surface area contributed by atoms with E-state index >= 15 is 0 Å². The Morgan fingerprint density at radius 3 is 0.720 bits per heavy atom. The van der Waals surface area contributed by atoms with Crippen LogP contribution in [0.4, 0.5) is 0 Å². The van der Waals surface area contributed by atoms with Crippen molar-refractivity contribution in [2.75, 3.05) is 0 Å². The summed E-state index contributed by atoms with van der Waals surface area (Å²) in [4.78, 5) is 0. The molecule has 0 unspecified atom stereocenters. The van der Waals surface area contributed by atoms with Crippen molar-refractivity contribution in [1.29, 1.82) is 0 Å². The van der Waals surface area contributed by atoms with Gasteiger partial charge in [0.05, 0.1) is 66.2 Å². The summed E-state index contributed by atoms with van der Waals surface area (Å²) in [5.74, 6) is 0.763. The summed E-state index contributed by atoms with van der Waals surface area (Å²) < 4.78 is 14.8. The van der Waals surface area contributed by atoms with Gasteiger partial charge in [0.25, 0.3) is 0 Å².